The Kier molecular flexibility index (Phi) is 7.65. The summed E-state index contributed by atoms with van der Waals surface area (Å²) in [6, 6.07) is 11.8. The maximum absolute atomic E-state index is 14.2. The summed E-state index contributed by atoms with van der Waals surface area (Å²) in [6.07, 6.45) is 0. The molecule has 39 heavy (non-hydrogen) atoms. The van der Waals surface area contributed by atoms with E-state index in [0.717, 1.165) is 14.2 Å². The van der Waals surface area contributed by atoms with Crippen LogP contribution < -0.4 is 14.8 Å². The molecule has 1 aliphatic carbocycles. The van der Waals surface area contributed by atoms with Crippen molar-refractivity contribution >= 4 is 35.4 Å². The fraction of sp³-hybridized carbons (Fsp3) is 0.333. The number of fused-ring (bicyclic) bond motifs is 1. The third-order valence-electron chi connectivity index (χ3n) is 6.63. The van der Waals surface area contributed by atoms with Crippen LogP contribution in [0, 0.1) is 11.8 Å². The van der Waals surface area contributed by atoms with Crippen molar-refractivity contribution in [1.29, 1.82) is 0 Å². The molecule has 1 N–H and O–H groups in total. The molecule has 1 fully saturated rings. The highest BCUT2D eigenvalue weighted by Crippen LogP contribution is 2.47. The molecule has 0 bridgehead atoms. The molecule has 4 rings (SSSR count). The lowest BCUT2D eigenvalue weighted by molar-refractivity contribution is -0.156. The van der Waals surface area contributed by atoms with Gasteiger partial charge in [-0.3, -0.25) is 28.8 Å². The van der Waals surface area contributed by atoms with E-state index < -0.39 is 58.7 Å². The quantitative estimate of drug-likeness (QED) is 0.289. The van der Waals surface area contributed by atoms with Gasteiger partial charge >= 0.3 is 17.9 Å². The van der Waals surface area contributed by atoms with Crippen molar-refractivity contribution in [3.8, 4) is 11.5 Å². The molecule has 1 heterocycles. The second-order valence-electron chi connectivity index (χ2n) is 8.67. The van der Waals surface area contributed by atoms with Gasteiger partial charge in [-0.2, -0.15) is 0 Å². The molecule has 0 radical (unpaired) electrons. The molecule has 0 aromatic heterocycles. The number of benzene rings is 2. The highest BCUT2D eigenvalue weighted by Gasteiger charge is 2.71. The Morgan fingerprint density at radius 1 is 0.974 bits per heavy atom. The van der Waals surface area contributed by atoms with E-state index >= 15 is 0 Å². The smallest absolute Gasteiger partial charge is 0.323 e. The van der Waals surface area contributed by atoms with Crippen LogP contribution >= 0.6 is 0 Å². The Labute approximate surface area is 222 Å². The highest BCUT2D eigenvalue weighted by atomic mass is 16.7. The molecule has 1 aliphatic heterocycles. The van der Waals surface area contributed by atoms with Crippen LogP contribution in [0.4, 0.5) is 0 Å². The number of nitrogens with one attached hydrogen (secondary N) is 1. The first-order valence-electron chi connectivity index (χ1n) is 11.9. The zero-order chi connectivity index (χ0) is 28.3. The minimum atomic E-state index is -2.64. The second-order valence-corrected chi connectivity index (χ2v) is 8.67. The van der Waals surface area contributed by atoms with Gasteiger partial charge in [0.2, 0.25) is 6.79 Å². The average Bonchev–Trinajstić information content (AvgIpc) is 3.49. The SMILES string of the molecule is CCOC(=O)[C@@H](c1ccc2c(c1)OCO2)[C@@]1(NC(=O)c2ccccc2)C(=O)[C@@H](C(=O)OC)C(=O)[C@H]1C(=O)OC. The van der Waals surface area contributed by atoms with Gasteiger partial charge in [-0.15, -0.1) is 0 Å². The fourth-order valence-corrected chi connectivity index (χ4v) is 4.93. The topological polar surface area (TPSA) is 161 Å². The molecule has 0 spiro atoms. The van der Waals surface area contributed by atoms with Crippen LogP contribution in [0.1, 0.15) is 28.8 Å². The van der Waals surface area contributed by atoms with Gasteiger partial charge in [-0.25, -0.2) is 0 Å². The van der Waals surface area contributed by atoms with Crippen molar-refractivity contribution < 1.29 is 52.5 Å². The van der Waals surface area contributed by atoms with Crippen molar-refractivity contribution in [1.82, 2.24) is 5.32 Å². The van der Waals surface area contributed by atoms with Crippen molar-refractivity contribution in [3.05, 3.63) is 59.7 Å². The number of ether oxygens (including phenoxy) is 5. The van der Waals surface area contributed by atoms with Gasteiger partial charge in [0, 0.05) is 5.56 Å². The Balaban J connectivity index is 2.02. The van der Waals surface area contributed by atoms with E-state index in [9.17, 15) is 28.8 Å². The van der Waals surface area contributed by atoms with E-state index in [1.165, 1.54) is 37.3 Å². The third-order valence-corrected chi connectivity index (χ3v) is 6.63. The molecule has 12 heteroatoms. The van der Waals surface area contributed by atoms with Crippen LogP contribution in [0.15, 0.2) is 48.5 Å². The summed E-state index contributed by atoms with van der Waals surface area (Å²) in [7, 11) is 1.93. The maximum atomic E-state index is 14.2. The Hall–Kier alpha value is -4.74. The molecule has 0 saturated heterocycles. The molecule has 204 valence electrons. The Morgan fingerprint density at radius 3 is 2.28 bits per heavy atom. The van der Waals surface area contributed by atoms with Crippen LogP contribution in [0.3, 0.4) is 0 Å². The van der Waals surface area contributed by atoms with Gasteiger partial charge in [-0.05, 0) is 36.8 Å². The zero-order valence-corrected chi connectivity index (χ0v) is 21.3. The number of Topliss-reactive ketones (excluding diaryl/α,β-unsaturated/α-hetero) is 2. The van der Waals surface area contributed by atoms with Crippen molar-refractivity contribution in [2.24, 2.45) is 11.8 Å². The zero-order valence-electron chi connectivity index (χ0n) is 21.3. The molecule has 4 atom stereocenters. The lowest BCUT2D eigenvalue weighted by atomic mass is 9.71. The van der Waals surface area contributed by atoms with Crippen molar-refractivity contribution in [3.63, 3.8) is 0 Å². The van der Waals surface area contributed by atoms with Crippen molar-refractivity contribution in [2.45, 2.75) is 18.4 Å². The van der Waals surface area contributed by atoms with Gasteiger partial charge in [0.15, 0.2) is 29.0 Å². The summed E-state index contributed by atoms with van der Waals surface area (Å²) in [4.78, 5) is 80.8. The number of hydrogen-bond acceptors (Lipinski definition) is 11. The molecule has 1 amide bonds. The van der Waals surface area contributed by atoms with Crippen LogP contribution in [0.5, 0.6) is 11.5 Å². The van der Waals surface area contributed by atoms with E-state index in [2.05, 4.69) is 10.1 Å². The van der Waals surface area contributed by atoms with Crippen LogP contribution in [-0.4, -0.2) is 68.5 Å². The first kappa shape index (κ1) is 27.3. The average molecular weight is 539 g/mol. The molecule has 0 unspecified atom stereocenters. The second kappa shape index (κ2) is 10.9. The minimum Gasteiger partial charge on any atom is -0.468 e. The molecular formula is C27H25NO11. The molecule has 12 nitrogen and oxygen atoms in total. The summed E-state index contributed by atoms with van der Waals surface area (Å²) >= 11 is 0. The van der Waals surface area contributed by atoms with Gasteiger partial charge in [0.1, 0.15) is 17.4 Å². The number of carbonyl (C=O) groups excluding carboxylic acids is 6. The molecular weight excluding hydrogens is 514 g/mol. The molecule has 2 aromatic rings. The van der Waals surface area contributed by atoms with Crippen LogP contribution in [-0.2, 0) is 38.2 Å². The number of rotatable bonds is 8. The number of esters is 3. The number of carbonyl (C=O) groups is 6. The van der Waals surface area contributed by atoms with Crippen LogP contribution in [0.25, 0.3) is 0 Å². The standard InChI is InChI=1S/C27H25NO11/c1-4-37-26(34)19(15-10-11-16-17(12-15)39-13-38-16)27(28-23(31)14-8-6-5-7-9-14)20(25(33)36-3)21(29)18(22(27)30)24(32)35-2/h5-12,18-20H,4,13H2,1-3H3,(H,28,31)/t18-,19+,20-,27-/m0/s1. The minimum absolute atomic E-state index is 0.0478. The summed E-state index contributed by atoms with van der Waals surface area (Å²) in [5.41, 5.74) is -2.54. The van der Waals surface area contributed by atoms with E-state index in [1.807, 2.05) is 0 Å². The van der Waals surface area contributed by atoms with E-state index in [4.69, 9.17) is 18.9 Å². The molecule has 2 aliphatic rings. The Morgan fingerprint density at radius 2 is 1.64 bits per heavy atom. The van der Waals surface area contributed by atoms with Crippen molar-refractivity contribution in [2.75, 3.05) is 27.6 Å². The van der Waals surface area contributed by atoms with E-state index in [0.29, 0.717) is 5.75 Å². The number of hydrogen-bond donors (Lipinski definition) is 1. The molecule has 1 saturated carbocycles. The predicted molar refractivity (Wildman–Crippen MR) is 130 cm³/mol. The van der Waals surface area contributed by atoms with Gasteiger partial charge in [-0.1, -0.05) is 24.3 Å². The van der Waals surface area contributed by atoms with Gasteiger partial charge < -0.3 is 29.0 Å². The van der Waals surface area contributed by atoms with Crippen LogP contribution in [0.2, 0.25) is 0 Å². The Bertz CT molecular complexity index is 1340. The lowest BCUT2D eigenvalue weighted by Crippen LogP contribution is -2.64. The third kappa shape index (κ3) is 4.58. The van der Waals surface area contributed by atoms with E-state index in [-0.39, 0.29) is 30.3 Å². The highest BCUT2D eigenvalue weighted by molar-refractivity contribution is 6.32. The summed E-state index contributed by atoms with van der Waals surface area (Å²) in [5.74, 6) is -12.3. The van der Waals surface area contributed by atoms with Gasteiger partial charge in [0.25, 0.3) is 5.91 Å². The normalized spacial score (nSPS) is 22.1. The first-order chi connectivity index (χ1) is 18.7. The summed E-state index contributed by atoms with van der Waals surface area (Å²) < 4.78 is 25.5. The van der Waals surface area contributed by atoms with Gasteiger partial charge in [0.05, 0.1) is 20.8 Å². The van der Waals surface area contributed by atoms with E-state index in [1.54, 1.807) is 18.2 Å². The summed E-state index contributed by atoms with van der Waals surface area (Å²) in [5, 5.41) is 2.48. The maximum Gasteiger partial charge on any atom is 0.323 e. The number of ketones is 2. The largest absolute Gasteiger partial charge is 0.468 e. The summed E-state index contributed by atoms with van der Waals surface area (Å²) in [6.45, 7) is 1.26. The predicted octanol–water partition coefficient (Wildman–Crippen LogP) is 0.961. The molecule has 2 aromatic carbocycles. The number of methoxy groups -OCH3 is 2. The number of amides is 1. The fourth-order valence-electron chi connectivity index (χ4n) is 4.93. The monoisotopic (exact) mass is 539 g/mol. The first-order valence-corrected chi connectivity index (χ1v) is 11.9. The lowest BCUT2D eigenvalue weighted by Gasteiger charge is -2.38.